The third-order valence-corrected chi connectivity index (χ3v) is 3.09. The molecule has 0 aliphatic carbocycles. The fraction of sp³-hybridized carbons (Fsp3) is 0.600. The molecule has 0 aliphatic rings. The van der Waals surface area contributed by atoms with Crippen molar-refractivity contribution in [2.24, 2.45) is 0 Å². The third-order valence-electron chi connectivity index (χ3n) is 3.09. The lowest BCUT2D eigenvalue weighted by molar-refractivity contribution is 0.253. The maximum absolute atomic E-state index is 13.2. The van der Waals surface area contributed by atoms with E-state index in [2.05, 4.69) is 18.7 Å². The lowest BCUT2D eigenvalue weighted by Gasteiger charge is -2.22. The molecule has 1 rings (SSSR count). The van der Waals surface area contributed by atoms with Crippen LogP contribution in [-0.4, -0.2) is 23.1 Å². The van der Waals surface area contributed by atoms with Gasteiger partial charge in [-0.2, -0.15) is 0 Å². The Bertz CT molecular complexity index is 346. The molecule has 1 aromatic carbocycles. The summed E-state index contributed by atoms with van der Waals surface area (Å²) in [6.45, 7) is 6.97. The molecule has 0 atom stereocenters. The van der Waals surface area contributed by atoms with Gasteiger partial charge in [0.15, 0.2) is 0 Å². The van der Waals surface area contributed by atoms with Crippen molar-refractivity contribution in [3.8, 4) is 5.75 Å². The molecule has 0 saturated heterocycles. The second-order valence-corrected chi connectivity index (χ2v) is 4.76. The number of rotatable bonds is 8. The fourth-order valence-electron chi connectivity index (χ4n) is 1.95. The van der Waals surface area contributed by atoms with Crippen LogP contribution < -0.4 is 0 Å². The predicted octanol–water partition coefficient (Wildman–Crippen LogP) is 3.93. The lowest BCUT2D eigenvalue weighted by atomic mass is 10.1. The molecule has 0 bridgehead atoms. The number of halogens is 1. The van der Waals surface area contributed by atoms with Gasteiger partial charge in [-0.05, 0) is 44.1 Å². The number of nitrogens with zero attached hydrogens (tertiary/aromatic N) is 1. The molecule has 3 heteroatoms. The number of aromatic hydroxyl groups is 1. The Morgan fingerprint density at radius 2 is 1.72 bits per heavy atom. The molecule has 0 fully saturated rings. The van der Waals surface area contributed by atoms with E-state index in [1.54, 1.807) is 0 Å². The molecule has 1 aromatic rings. The van der Waals surface area contributed by atoms with Crippen molar-refractivity contribution in [2.45, 2.75) is 46.1 Å². The van der Waals surface area contributed by atoms with Gasteiger partial charge in [0.05, 0.1) is 0 Å². The van der Waals surface area contributed by atoms with Crippen LogP contribution in [0.5, 0.6) is 5.75 Å². The minimum atomic E-state index is -0.284. The topological polar surface area (TPSA) is 23.5 Å². The molecule has 0 saturated carbocycles. The van der Waals surface area contributed by atoms with Gasteiger partial charge in [-0.15, -0.1) is 0 Å². The summed E-state index contributed by atoms with van der Waals surface area (Å²) in [6.07, 6.45) is 4.58. The van der Waals surface area contributed by atoms with E-state index in [0.29, 0.717) is 12.1 Å². The first kappa shape index (κ1) is 15.0. The van der Waals surface area contributed by atoms with E-state index in [1.807, 2.05) is 0 Å². The average molecular weight is 253 g/mol. The molecule has 0 aliphatic heterocycles. The fourth-order valence-corrected chi connectivity index (χ4v) is 1.95. The van der Waals surface area contributed by atoms with Crippen molar-refractivity contribution in [2.75, 3.05) is 13.1 Å². The summed E-state index contributed by atoms with van der Waals surface area (Å²) in [4.78, 5) is 2.29. The SMILES string of the molecule is CCCCN(CCCC)Cc1cc(F)ccc1O. The summed E-state index contributed by atoms with van der Waals surface area (Å²) in [6, 6.07) is 4.16. The van der Waals surface area contributed by atoms with Crippen LogP contribution in [-0.2, 0) is 6.54 Å². The van der Waals surface area contributed by atoms with Gasteiger partial charge in [0.2, 0.25) is 0 Å². The van der Waals surface area contributed by atoms with Crippen molar-refractivity contribution in [1.29, 1.82) is 0 Å². The summed E-state index contributed by atoms with van der Waals surface area (Å²) >= 11 is 0. The zero-order valence-corrected chi connectivity index (χ0v) is 11.5. The van der Waals surface area contributed by atoms with Crippen LogP contribution in [0.2, 0.25) is 0 Å². The van der Waals surface area contributed by atoms with E-state index in [-0.39, 0.29) is 11.6 Å². The minimum Gasteiger partial charge on any atom is -0.508 e. The third kappa shape index (κ3) is 5.05. The Hall–Kier alpha value is -1.09. The highest BCUT2D eigenvalue weighted by Crippen LogP contribution is 2.20. The maximum Gasteiger partial charge on any atom is 0.123 e. The van der Waals surface area contributed by atoms with Crippen LogP contribution in [0.1, 0.15) is 45.1 Å². The number of hydrogen-bond acceptors (Lipinski definition) is 2. The zero-order chi connectivity index (χ0) is 13.4. The molecule has 0 amide bonds. The largest absolute Gasteiger partial charge is 0.508 e. The lowest BCUT2D eigenvalue weighted by Crippen LogP contribution is -2.25. The van der Waals surface area contributed by atoms with Crippen LogP contribution in [0.15, 0.2) is 18.2 Å². The molecular weight excluding hydrogens is 229 g/mol. The first-order valence-electron chi connectivity index (χ1n) is 6.87. The van der Waals surface area contributed by atoms with E-state index in [9.17, 15) is 9.50 Å². The highest BCUT2D eigenvalue weighted by atomic mass is 19.1. The Labute approximate surface area is 109 Å². The highest BCUT2D eigenvalue weighted by Gasteiger charge is 2.09. The van der Waals surface area contributed by atoms with Crippen molar-refractivity contribution in [3.05, 3.63) is 29.6 Å². The summed E-state index contributed by atoms with van der Waals surface area (Å²) < 4.78 is 13.2. The van der Waals surface area contributed by atoms with E-state index < -0.39 is 0 Å². The van der Waals surface area contributed by atoms with Crippen LogP contribution in [0, 0.1) is 5.82 Å². The number of unbranched alkanes of at least 4 members (excludes halogenated alkanes) is 2. The summed E-state index contributed by atoms with van der Waals surface area (Å²) in [5.74, 6) is -0.0943. The Morgan fingerprint density at radius 1 is 1.11 bits per heavy atom. The second-order valence-electron chi connectivity index (χ2n) is 4.76. The second kappa shape index (κ2) is 8.09. The normalized spacial score (nSPS) is 11.1. The van der Waals surface area contributed by atoms with E-state index in [0.717, 1.165) is 38.8 Å². The first-order valence-corrected chi connectivity index (χ1v) is 6.87. The summed E-state index contributed by atoms with van der Waals surface area (Å²) in [5.41, 5.74) is 0.683. The molecule has 0 unspecified atom stereocenters. The van der Waals surface area contributed by atoms with Gasteiger partial charge in [-0.3, -0.25) is 4.90 Å². The molecule has 1 N–H and O–H groups in total. The van der Waals surface area contributed by atoms with Crippen LogP contribution >= 0.6 is 0 Å². The molecular formula is C15H24FNO. The Kier molecular flexibility index (Phi) is 6.73. The number of phenols is 1. The van der Waals surface area contributed by atoms with E-state index >= 15 is 0 Å². The molecule has 0 spiro atoms. The van der Waals surface area contributed by atoms with Gasteiger partial charge in [0.25, 0.3) is 0 Å². The quantitative estimate of drug-likeness (QED) is 0.758. The molecule has 0 heterocycles. The molecule has 0 aromatic heterocycles. The number of phenolic OH excluding ortho intramolecular Hbond substituents is 1. The van der Waals surface area contributed by atoms with Crippen molar-refractivity contribution >= 4 is 0 Å². The first-order chi connectivity index (χ1) is 8.67. The van der Waals surface area contributed by atoms with Gasteiger partial charge in [0, 0.05) is 12.1 Å². The average Bonchev–Trinajstić information content (AvgIpc) is 2.37. The molecule has 0 radical (unpaired) electrons. The predicted molar refractivity (Wildman–Crippen MR) is 73.2 cm³/mol. The monoisotopic (exact) mass is 253 g/mol. The highest BCUT2D eigenvalue weighted by molar-refractivity contribution is 5.32. The van der Waals surface area contributed by atoms with Crippen LogP contribution in [0.4, 0.5) is 4.39 Å². The van der Waals surface area contributed by atoms with Crippen LogP contribution in [0.3, 0.4) is 0 Å². The minimum absolute atomic E-state index is 0.189. The van der Waals surface area contributed by atoms with Gasteiger partial charge < -0.3 is 5.11 Å². The van der Waals surface area contributed by atoms with Gasteiger partial charge >= 0.3 is 0 Å². The maximum atomic E-state index is 13.2. The zero-order valence-electron chi connectivity index (χ0n) is 11.5. The Balaban J connectivity index is 2.65. The van der Waals surface area contributed by atoms with Crippen molar-refractivity contribution < 1.29 is 9.50 Å². The van der Waals surface area contributed by atoms with Crippen molar-refractivity contribution in [3.63, 3.8) is 0 Å². The van der Waals surface area contributed by atoms with Crippen LogP contribution in [0.25, 0.3) is 0 Å². The van der Waals surface area contributed by atoms with Gasteiger partial charge in [0.1, 0.15) is 11.6 Å². The molecule has 102 valence electrons. The summed E-state index contributed by atoms with van der Waals surface area (Å²) in [5, 5.41) is 9.74. The number of hydrogen-bond donors (Lipinski definition) is 1. The van der Waals surface area contributed by atoms with E-state index in [1.165, 1.54) is 18.2 Å². The Morgan fingerprint density at radius 3 is 2.28 bits per heavy atom. The van der Waals surface area contributed by atoms with Gasteiger partial charge in [-0.25, -0.2) is 4.39 Å². The van der Waals surface area contributed by atoms with E-state index in [4.69, 9.17) is 0 Å². The summed E-state index contributed by atoms with van der Waals surface area (Å²) in [7, 11) is 0. The molecule has 18 heavy (non-hydrogen) atoms. The van der Waals surface area contributed by atoms with Crippen molar-refractivity contribution in [1.82, 2.24) is 4.90 Å². The smallest absolute Gasteiger partial charge is 0.123 e. The molecule has 2 nitrogen and oxygen atoms in total. The number of benzene rings is 1. The standard InChI is InChI=1S/C15H24FNO/c1-3-5-9-17(10-6-4-2)12-13-11-14(16)7-8-15(13)18/h7-8,11,18H,3-6,9-10,12H2,1-2H3. The van der Waals surface area contributed by atoms with Gasteiger partial charge in [-0.1, -0.05) is 26.7 Å².